The standard InChI is InChI=1S/C16H19N3O2/c1-16(2)10-12(7-9-21-16)18-15(20)13-6-5-11-4-3-8-17-14(11)19-13/h3-6,8,12H,7,9-10H2,1-2H3,(H,18,20). The van der Waals surface area contributed by atoms with Gasteiger partial charge in [-0.3, -0.25) is 4.79 Å². The van der Waals surface area contributed by atoms with E-state index in [-0.39, 0.29) is 17.6 Å². The molecule has 1 atom stereocenters. The minimum Gasteiger partial charge on any atom is -0.375 e. The summed E-state index contributed by atoms with van der Waals surface area (Å²) in [6.45, 7) is 4.76. The molecule has 21 heavy (non-hydrogen) atoms. The Hall–Kier alpha value is -2.01. The van der Waals surface area contributed by atoms with Gasteiger partial charge in [-0.05, 0) is 51.0 Å². The van der Waals surface area contributed by atoms with Crippen LogP contribution in [0.2, 0.25) is 0 Å². The number of nitrogens with one attached hydrogen (secondary N) is 1. The van der Waals surface area contributed by atoms with E-state index < -0.39 is 0 Å². The Morgan fingerprint density at radius 1 is 1.38 bits per heavy atom. The van der Waals surface area contributed by atoms with Crippen LogP contribution >= 0.6 is 0 Å². The van der Waals surface area contributed by atoms with E-state index in [0.29, 0.717) is 17.9 Å². The lowest BCUT2D eigenvalue weighted by Crippen LogP contribution is -2.46. The molecule has 0 aliphatic carbocycles. The van der Waals surface area contributed by atoms with Crippen LogP contribution in [-0.4, -0.2) is 34.1 Å². The van der Waals surface area contributed by atoms with Crippen molar-refractivity contribution in [1.82, 2.24) is 15.3 Å². The largest absolute Gasteiger partial charge is 0.375 e. The van der Waals surface area contributed by atoms with E-state index in [1.54, 1.807) is 12.3 Å². The van der Waals surface area contributed by atoms with E-state index in [4.69, 9.17) is 4.74 Å². The van der Waals surface area contributed by atoms with Crippen LogP contribution < -0.4 is 5.32 Å². The molecule has 2 aromatic rings. The molecule has 5 nitrogen and oxygen atoms in total. The fourth-order valence-corrected chi connectivity index (χ4v) is 2.69. The molecule has 110 valence electrons. The highest BCUT2D eigenvalue weighted by molar-refractivity contribution is 5.94. The Balaban J connectivity index is 1.74. The van der Waals surface area contributed by atoms with Crippen molar-refractivity contribution in [3.05, 3.63) is 36.2 Å². The molecule has 0 radical (unpaired) electrons. The molecule has 1 aliphatic heterocycles. The minimum atomic E-state index is -0.186. The number of pyridine rings is 2. The molecule has 5 heteroatoms. The van der Waals surface area contributed by atoms with Crippen molar-refractivity contribution in [3.8, 4) is 0 Å². The molecule has 1 aliphatic rings. The van der Waals surface area contributed by atoms with E-state index >= 15 is 0 Å². The number of ether oxygens (including phenoxy) is 1. The van der Waals surface area contributed by atoms with E-state index in [1.807, 2.05) is 32.0 Å². The number of fused-ring (bicyclic) bond motifs is 1. The average molecular weight is 285 g/mol. The van der Waals surface area contributed by atoms with Crippen LogP contribution in [0.5, 0.6) is 0 Å². The Morgan fingerprint density at radius 3 is 3.05 bits per heavy atom. The van der Waals surface area contributed by atoms with Gasteiger partial charge in [-0.2, -0.15) is 0 Å². The molecule has 0 aromatic carbocycles. The molecule has 0 saturated carbocycles. The summed E-state index contributed by atoms with van der Waals surface area (Å²) in [5, 5.41) is 3.98. The molecule has 2 aromatic heterocycles. The summed E-state index contributed by atoms with van der Waals surface area (Å²) in [5.74, 6) is -0.148. The van der Waals surface area contributed by atoms with Gasteiger partial charge in [0.25, 0.3) is 5.91 Å². The summed E-state index contributed by atoms with van der Waals surface area (Å²) >= 11 is 0. The molecule has 1 amide bonds. The number of carbonyl (C=O) groups excluding carboxylic acids is 1. The number of hydrogen-bond donors (Lipinski definition) is 1. The van der Waals surface area contributed by atoms with Crippen molar-refractivity contribution in [2.45, 2.75) is 38.3 Å². The zero-order chi connectivity index (χ0) is 14.9. The van der Waals surface area contributed by atoms with Crippen LogP contribution in [0.1, 0.15) is 37.2 Å². The monoisotopic (exact) mass is 285 g/mol. The lowest BCUT2D eigenvalue weighted by molar-refractivity contribution is -0.0615. The third-order valence-corrected chi connectivity index (χ3v) is 3.73. The van der Waals surface area contributed by atoms with Gasteiger partial charge in [0.2, 0.25) is 0 Å². The fraction of sp³-hybridized carbons (Fsp3) is 0.438. The van der Waals surface area contributed by atoms with Crippen molar-refractivity contribution in [2.75, 3.05) is 6.61 Å². The fourth-order valence-electron chi connectivity index (χ4n) is 2.69. The predicted octanol–water partition coefficient (Wildman–Crippen LogP) is 2.32. The Morgan fingerprint density at radius 2 is 2.24 bits per heavy atom. The third-order valence-electron chi connectivity index (χ3n) is 3.73. The van der Waals surface area contributed by atoms with Crippen LogP contribution in [0.3, 0.4) is 0 Å². The second-order valence-corrected chi connectivity index (χ2v) is 6.02. The maximum absolute atomic E-state index is 12.3. The molecule has 3 heterocycles. The maximum atomic E-state index is 12.3. The van der Waals surface area contributed by atoms with Crippen LogP contribution in [0, 0.1) is 0 Å². The molecule has 0 spiro atoms. The SMILES string of the molecule is CC1(C)CC(NC(=O)c2ccc3cccnc3n2)CCO1. The topological polar surface area (TPSA) is 64.1 Å². The maximum Gasteiger partial charge on any atom is 0.270 e. The Labute approximate surface area is 123 Å². The first-order valence-corrected chi connectivity index (χ1v) is 7.20. The molecule has 3 rings (SSSR count). The zero-order valence-electron chi connectivity index (χ0n) is 12.3. The summed E-state index contributed by atoms with van der Waals surface area (Å²) in [4.78, 5) is 20.8. The van der Waals surface area contributed by atoms with Gasteiger partial charge in [-0.15, -0.1) is 0 Å². The predicted molar refractivity (Wildman–Crippen MR) is 80.1 cm³/mol. The normalized spacial score (nSPS) is 21.1. The number of nitrogens with zero attached hydrogens (tertiary/aromatic N) is 2. The van der Waals surface area contributed by atoms with Gasteiger partial charge in [-0.25, -0.2) is 9.97 Å². The first kappa shape index (κ1) is 13.9. The zero-order valence-corrected chi connectivity index (χ0v) is 12.3. The number of aromatic nitrogens is 2. The minimum absolute atomic E-state index is 0.127. The summed E-state index contributed by atoms with van der Waals surface area (Å²) in [6, 6.07) is 7.52. The van der Waals surface area contributed by atoms with Crippen LogP contribution in [0.15, 0.2) is 30.5 Å². The summed E-state index contributed by atoms with van der Waals surface area (Å²) in [6.07, 6.45) is 3.32. The van der Waals surface area contributed by atoms with E-state index in [1.165, 1.54) is 0 Å². The van der Waals surface area contributed by atoms with E-state index in [9.17, 15) is 4.79 Å². The van der Waals surface area contributed by atoms with Crippen molar-refractivity contribution in [2.24, 2.45) is 0 Å². The number of hydrogen-bond acceptors (Lipinski definition) is 4. The molecular weight excluding hydrogens is 266 g/mol. The van der Waals surface area contributed by atoms with Gasteiger partial charge in [0.05, 0.1) is 5.60 Å². The molecule has 0 bridgehead atoms. The second kappa shape index (κ2) is 5.41. The molecule has 1 fully saturated rings. The van der Waals surface area contributed by atoms with Gasteiger partial charge >= 0.3 is 0 Å². The number of carbonyl (C=O) groups is 1. The Bertz CT molecular complexity index is 669. The highest BCUT2D eigenvalue weighted by atomic mass is 16.5. The lowest BCUT2D eigenvalue weighted by atomic mass is 9.94. The lowest BCUT2D eigenvalue weighted by Gasteiger charge is -2.35. The number of rotatable bonds is 2. The molecule has 1 saturated heterocycles. The summed E-state index contributed by atoms with van der Waals surface area (Å²) < 4.78 is 5.66. The van der Waals surface area contributed by atoms with Crippen molar-refractivity contribution >= 4 is 16.9 Å². The summed E-state index contributed by atoms with van der Waals surface area (Å²) in [5.41, 5.74) is 0.817. The van der Waals surface area contributed by atoms with Crippen molar-refractivity contribution < 1.29 is 9.53 Å². The van der Waals surface area contributed by atoms with Gasteiger partial charge in [0.15, 0.2) is 5.65 Å². The Kier molecular flexibility index (Phi) is 3.59. The van der Waals surface area contributed by atoms with Gasteiger partial charge in [0, 0.05) is 24.2 Å². The molecular formula is C16H19N3O2. The molecule has 1 N–H and O–H groups in total. The number of amides is 1. The highest BCUT2D eigenvalue weighted by Gasteiger charge is 2.30. The van der Waals surface area contributed by atoms with Gasteiger partial charge in [-0.1, -0.05) is 0 Å². The van der Waals surface area contributed by atoms with Crippen LogP contribution in [0.25, 0.3) is 11.0 Å². The van der Waals surface area contributed by atoms with E-state index in [0.717, 1.165) is 18.2 Å². The van der Waals surface area contributed by atoms with Gasteiger partial charge in [0.1, 0.15) is 5.69 Å². The molecule has 1 unspecified atom stereocenters. The third kappa shape index (κ3) is 3.19. The van der Waals surface area contributed by atoms with Crippen LogP contribution in [0.4, 0.5) is 0 Å². The first-order chi connectivity index (χ1) is 10.0. The average Bonchev–Trinajstić information content (AvgIpc) is 2.45. The van der Waals surface area contributed by atoms with Crippen molar-refractivity contribution in [3.63, 3.8) is 0 Å². The first-order valence-electron chi connectivity index (χ1n) is 7.20. The van der Waals surface area contributed by atoms with Gasteiger partial charge < -0.3 is 10.1 Å². The quantitative estimate of drug-likeness (QED) is 0.919. The second-order valence-electron chi connectivity index (χ2n) is 6.02. The van der Waals surface area contributed by atoms with E-state index in [2.05, 4.69) is 15.3 Å². The van der Waals surface area contributed by atoms with Crippen molar-refractivity contribution in [1.29, 1.82) is 0 Å². The van der Waals surface area contributed by atoms with Crippen LogP contribution in [-0.2, 0) is 4.74 Å². The smallest absolute Gasteiger partial charge is 0.270 e. The highest BCUT2D eigenvalue weighted by Crippen LogP contribution is 2.24. The summed E-state index contributed by atoms with van der Waals surface area (Å²) in [7, 11) is 0.